The number of hydrogen-bond donors (Lipinski definition) is 1. The van der Waals surface area contributed by atoms with Crippen LogP contribution in [-0.4, -0.2) is 34.8 Å². The van der Waals surface area contributed by atoms with Gasteiger partial charge in [0.25, 0.3) is 0 Å². The van der Waals surface area contributed by atoms with E-state index < -0.39 is 6.04 Å². The molecule has 0 saturated carbocycles. The lowest BCUT2D eigenvalue weighted by Gasteiger charge is -2.35. The monoisotopic (exact) mass is 402 g/mol. The Labute approximate surface area is 174 Å². The molecule has 1 aromatic heterocycles. The van der Waals surface area contributed by atoms with E-state index in [1.165, 1.54) is 11.9 Å². The maximum Gasteiger partial charge on any atom is 0.226 e. The smallest absolute Gasteiger partial charge is 0.226 e. The highest BCUT2D eigenvalue weighted by atomic mass is 16.5. The number of nitrogens with zero attached hydrogens (tertiary/aromatic N) is 3. The summed E-state index contributed by atoms with van der Waals surface area (Å²) in [6.45, 7) is 0. The van der Waals surface area contributed by atoms with Crippen LogP contribution in [0.2, 0.25) is 0 Å². The van der Waals surface area contributed by atoms with Gasteiger partial charge in [0, 0.05) is 23.3 Å². The van der Waals surface area contributed by atoms with Gasteiger partial charge in [0.2, 0.25) is 5.95 Å². The number of nitrogens with one attached hydrogen (secondary N) is 1. The first-order valence-corrected chi connectivity index (χ1v) is 9.90. The molecule has 7 heteroatoms. The molecule has 30 heavy (non-hydrogen) atoms. The molecule has 0 saturated heterocycles. The molecule has 1 aliphatic carbocycles. The van der Waals surface area contributed by atoms with Gasteiger partial charge in [-0.2, -0.15) is 10.1 Å². The van der Waals surface area contributed by atoms with Crippen molar-refractivity contribution in [1.82, 2.24) is 14.8 Å². The van der Waals surface area contributed by atoms with Crippen molar-refractivity contribution in [2.45, 2.75) is 24.8 Å². The van der Waals surface area contributed by atoms with Crippen LogP contribution in [0.25, 0.3) is 0 Å². The highest BCUT2D eigenvalue weighted by Crippen LogP contribution is 2.47. The molecule has 1 N–H and O–H groups in total. The third-order valence-corrected chi connectivity index (χ3v) is 5.86. The maximum absolute atomic E-state index is 13.5. The van der Waals surface area contributed by atoms with Gasteiger partial charge in [-0.1, -0.05) is 42.5 Å². The average Bonchev–Trinajstić information content (AvgIpc) is 3.25. The van der Waals surface area contributed by atoms with Crippen LogP contribution >= 0.6 is 0 Å². The van der Waals surface area contributed by atoms with Gasteiger partial charge in [-0.25, -0.2) is 4.68 Å². The van der Waals surface area contributed by atoms with Crippen molar-refractivity contribution in [1.29, 1.82) is 0 Å². The predicted octanol–water partition coefficient (Wildman–Crippen LogP) is 3.71. The molecular formula is C23H22N4O3. The second-order valence-electron chi connectivity index (χ2n) is 7.47. The van der Waals surface area contributed by atoms with E-state index in [1.807, 2.05) is 36.4 Å². The normalized spacial score (nSPS) is 20.3. The lowest BCUT2D eigenvalue weighted by Crippen LogP contribution is -2.33. The zero-order chi connectivity index (χ0) is 20.7. The van der Waals surface area contributed by atoms with E-state index in [0.29, 0.717) is 29.4 Å². The summed E-state index contributed by atoms with van der Waals surface area (Å²) in [5.74, 6) is 2.06. The van der Waals surface area contributed by atoms with E-state index in [1.54, 1.807) is 18.9 Å². The average molecular weight is 402 g/mol. The number of hydrogen-bond acceptors (Lipinski definition) is 6. The molecule has 2 aromatic carbocycles. The fraction of sp³-hybridized carbons (Fsp3) is 0.261. The van der Waals surface area contributed by atoms with E-state index >= 15 is 0 Å². The molecule has 0 bridgehead atoms. The largest absolute Gasteiger partial charge is 0.493 e. The van der Waals surface area contributed by atoms with Gasteiger partial charge in [-0.15, -0.1) is 0 Å². The van der Waals surface area contributed by atoms with E-state index in [2.05, 4.69) is 27.5 Å². The highest BCUT2D eigenvalue weighted by Gasteiger charge is 2.40. The van der Waals surface area contributed by atoms with Gasteiger partial charge in [0.1, 0.15) is 12.4 Å². The summed E-state index contributed by atoms with van der Waals surface area (Å²) in [5, 5.41) is 7.76. The quantitative estimate of drug-likeness (QED) is 0.717. The molecule has 2 heterocycles. The lowest BCUT2D eigenvalue weighted by molar-refractivity contribution is -0.116. The molecule has 7 nitrogen and oxygen atoms in total. The van der Waals surface area contributed by atoms with Crippen molar-refractivity contribution in [3.8, 4) is 11.5 Å². The van der Waals surface area contributed by atoms with Gasteiger partial charge in [-0.05, 0) is 24.0 Å². The minimum absolute atomic E-state index is 0.105. The Balaban J connectivity index is 1.65. The number of Topliss-reactive ketones (excluding diaryl/α,β-unsaturated/α-hetero) is 1. The molecule has 0 radical (unpaired) electrons. The zero-order valence-electron chi connectivity index (χ0n) is 16.8. The number of fused-ring (bicyclic) bond motifs is 1. The summed E-state index contributed by atoms with van der Waals surface area (Å²) in [6, 6.07) is 15.4. The minimum Gasteiger partial charge on any atom is -0.493 e. The Morgan fingerprint density at radius 1 is 1.03 bits per heavy atom. The van der Waals surface area contributed by atoms with E-state index in [9.17, 15) is 4.79 Å². The summed E-state index contributed by atoms with van der Waals surface area (Å²) in [5.41, 5.74) is 3.60. The number of allylic oxidation sites excluding steroid dienone is 2. The standard InChI is InChI=1S/C23H22N4O3/c1-29-19-10-6-9-16(22(19)30-2)21-20-17(26-23-24-13-25-27(21)23)11-15(12-18(20)28)14-7-4-3-5-8-14/h3-10,13,15,21H,11-12H2,1-2H3,(H,24,25,26). The third-order valence-electron chi connectivity index (χ3n) is 5.86. The van der Waals surface area contributed by atoms with Gasteiger partial charge >= 0.3 is 0 Å². The van der Waals surface area contributed by atoms with E-state index in [4.69, 9.17) is 9.47 Å². The number of carbonyl (C=O) groups excluding carboxylic acids is 1. The summed E-state index contributed by atoms with van der Waals surface area (Å²) in [7, 11) is 3.21. The van der Waals surface area contributed by atoms with Crippen molar-refractivity contribution < 1.29 is 14.3 Å². The molecule has 152 valence electrons. The second kappa shape index (κ2) is 7.33. The number of rotatable bonds is 4. The van der Waals surface area contributed by atoms with Crippen molar-refractivity contribution in [2.24, 2.45) is 0 Å². The van der Waals surface area contributed by atoms with Crippen LogP contribution < -0.4 is 14.8 Å². The van der Waals surface area contributed by atoms with Crippen LogP contribution in [-0.2, 0) is 4.79 Å². The van der Waals surface area contributed by atoms with Crippen LogP contribution in [0.3, 0.4) is 0 Å². The number of ketones is 1. The maximum atomic E-state index is 13.5. The Kier molecular flexibility index (Phi) is 4.50. The first-order valence-electron chi connectivity index (χ1n) is 9.90. The number of anilines is 1. The topological polar surface area (TPSA) is 78.3 Å². The van der Waals surface area contributed by atoms with Gasteiger partial charge in [0.05, 0.1) is 14.2 Å². The molecule has 5 rings (SSSR count). The predicted molar refractivity (Wildman–Crippen MR) is 112 cm³/mol. The third kappa shape index (κ3) is 2.85. The van der Waals surface area contributed by atoms with E-state index in [-0.39, 0.29) is 11.7 Å². The Morgan fingerprint density at radius 2 is 1.87 bits per heavy atom. The number of aromatic nitrogens is 3. The molecule has 3 aromatic rings. The Hall–Kier alpha value is -3.61. The first-order chi connectivity index (χ1) is 14.7. The number of methoxy groups -OCH3 is 2. The molecule has 1 aliphatic heterocycles. The van der Waals surface area contributed by atoms with Crippen LogP contribution in [0.4, 0.5) is 5.95 Å². The highest BCUT2D eigenvalue weighted by molar-refractivity contribution is 6.00. The second-order valence-corrected chi connectivity index (χ2v) is 7.47. The van der Waals surface area contributed by atoms with Crippen LogP contribution in [0.1, 0.15) is 35.9 Å². The van der Waals surface area contributed by atoms with Crippen LogP contribution in [0.15, 0.2) is 66.1 Å². The molecule has 0 amide bonds. The van der Waals surface area contributed by atoms with Crippen molar-refractivity contribution >= 4 is 11.7 Å². The fourth-order valence-electron chi connectivity index (χ4n) is 4.53. The molecule has 2 aliphatic rings. The van der Waals surface area contributed by atoms with Crippen LogP contribution in [0.5, 0.6) is 11.5 Å². The number of para-hydroxylation sites is 1. The van der Waals surface area contributed by atoms with Gasteiger partial charge in [0.15, 0.2) is 17.3 Å². The Morgan fingerprint density at radius 3 is 2.63 bits per heavy atom. The molecular weight excluding hydrogens is 380 g/mol. The summed E-state index contributed by atoms with van der Waals surface area (Å²) >= 11 is 0. The summed E-state index contributed by atoms with van der Waals surface area (Å²) in [4.78, 5) is 17.8. The number of benzene rings is 2. The SMILES string of the molecule is COc1cccc(C2C3=C(CC(c4ccccc4)CC3=O)Nc3ncnn32)c1OC. The summed E-state index contributed by atoms with van der Waals surface area (Å²) in [6.07, 6.45) is 2.69. The van der Waals surface area contributed by atoms with Crippen molar-refractivity contribution in [3.63, 3.8) is 0 Å². The molecule has 2 atom stereocenters. The Bertz CT molecular complexity index is 1140. The van der Waals surface area contributed by atoms with Crippen molar-refractivity contribution in [3.05, 3.63) is 77.3 Å². The van der Waals surface area contributed by atoms with Crippen LogP contribution in [0, 0.1) is 0 Å². The number of ether oxygens (including phenoxy) is 2. The van der Waals surface area contributed by atoms with Gasteiger partial charge in [-0.3, -0.25) is 4.79 Å². The lowest BCUT2D eigenvalue weighted by atomic mass is 9.78. The molecule has 0 spiro atoms. The zero-order valence-corrected chi connectivity index (χ0v) is 16.8. The number of carbonyl (C=O) groups is 1. The summed E-state index contributed by atoms with van der Waals surface area (Å²) < 4.78 is 12.9. The first kappa shape index (κ1) is 18.4. The van der Waals surface area contributed by atoms with Crippen molar-refractivity contribution in [2.75, 3.05) is 19.5 Å². The molecule has 2 unspecified atom stereocenters. The molecule has 0 fully saturated rings. The van der Waals surface area contributed by atoms with Gasteiger partial charge < -0.3 is 14.8 Å². The fourth-order valence-corrected chi connectivity index (χ4v) is 4.53. The minimum atomic E-state index is -0.423. The van der Waals surface area contributed by atoms with E-state index in [0.717, 1.165) is 17.7 Å².